The third-order valence-electron chi connectivity index (χ3n) is 3.56. The number of hydrogen-bond donors (Lipinski definition) is 2. The third-order valence-corrected chi connectivity index (χ3v) is 4.30. The zero-order chi connectivity index (χ0) is 17.3. The Balaban J connectivity index is 2.03. The first kappa shape index (κ1) is 16.2. The largest absolute Gasteiger partial charge is 0.506 e. The van der Waals surface area contributed by atoms with Crippen LogP contribution in [0.4, 0.5) is 5.69 Å². The first-order valence-corrected chi connectivity index (χ1v) is 7.77. The minimum absolute atomic E-state index is 0.0223. The molecule has 0 aliphatic heterocycles. The maximum absolute atomic E-state index is 12.7. The van der Waals surface area contributed by atoms with E-state index in [4.69, 9.17) is 13.9 Å². The topological polar surface area (TPSA) is 80.9 Å². The van der Waals surface area contributed by atoms with Gasteiger partial charge in [-0.15, -0.1) is 0 Å². The summed E-state index contributed by atoms with van der Waals surface area (Å²) < 4.78 is 16.0. The molecule has 7 heteroatoms. The quantitative estimate of drug-likeness (QED) is 0.697. The third kappa shape index (κ3) is 2.67. The van der Waals surface area contributed by atoms with E-state index in [1.807, 2.05) is 0 Å². The number of phenols is 1. The molecule has 2 N–H and O–H groups in total. The fraction of sp³-hybridized carbons (Fsp3) is 0.118. The Labute approximate surface area is 146 Å². The number of fused-ring (bicyclic) bond motifs is 1. The van der Waals surface area contributed by atoms with Gasteiger partial charge >= 0.3 is 0 Å². The second kappa shape index (κ2) is 6.45. The zero-order valence-corrected chi connectivity index (χ0v) is 14.5. The van der Waals surface area contributed by atoms with Crippen LogP contribution in [0.25, 0.3) is 11.0 Å². The molecule has 0 aliphatic carbocycles. The van der Waals surface area contributed by atoms with Gasteiger partial charge in [0.05, 0.1) is 25.9 Å². The van der Waals surface area contributed by atoms with E-state index >= 15 is 0 Å². The lowest BCUT2D eigenvalue weighted by Crippen LogP contribution is -2.14. The number of halogens is 1. The Bertz CT molecular complexity index is 901. The number of anilines is 1. The van der Waals surface area contributed by atoms with Crippen LogP contribution in [0.15, 0.2) is 45.5 Å². The number of methoxy groups -OCH3 is 2. The van der Waals surface area contributed by atoms with Crippen LogP contribution in [0, 0.1) is 0 Å². The number of furan rings is 1. The summed E-state index contributed by atoms with van der Waals surface area (Å²) in [6, 6.07) is 8.52. The summed E-state index contributed by atoms with van der Waals surface area (Å²) in [5.74, 6) is 0.167. The molecule has 0 radical (unpaired) electrons. The predicted molar refractivity (Wildman–Crippen MR) is 93.1 cm³/mol. The highest BCUT2D eigenvalue weighted by molar-refractivity contribution is 9.10. The van der Waals surface area contributed by atoms with Gasteiger partial charge in [0.25, 0.3) is 5.91 Å². The van der Waals surface area contributed by atoms with Crippen LogP contribution in [0.5, 0.6) is 17.2 Å². The minimum atomic E-state index is -0.502. The Morgan fingerprint density at radius 2 is 1.88 bits per heavy atom. The summed E-state index contributed by atoms with van der Waals surface area (Å²) >= 11 is 3.25. The van der Waals surface area contributed by atoms with Crippen LogP contribution in [-0.2, 0) is 0 Å². The number of phenolic OH excluding ortho intramolecular Hbond substituents is 1. The second-order valence-corrected chi connectivity index (χ2v) is 5.71. The number of benzene rings is 2. The van der Waals surface area contributed by atoms with Crippen LogP contribution in [-0.4, -0.2) is 25.2 Å². The smallest absolute Gasteiger partial charge is 0.263 e. The molecule has 0 unspecified atom stereocenters. The number of carbonyl (C=O) groups is 1. The molecule has 0 fully saturated rings. The molecule has 0 aliphatic rings. The standard InChI is InChI=1S/C17H14BrNO5/c1-22-10-5-3-9(4-6-10)19-17(21)12-14(20)13(18)16-11(7-8-24-16)15(12)23-2/h3-8,20H,1-2H3,(H,19,21). The lowest BCUT2D eigenvalue weighted by atomic mass is 10.1. The monoisotopic (exact) mass is 391 g/mol. The van der Waals surface area contributed by atoms with Crippen LogP contribution >= 0.6 is 15.9 Å². The van der Waals surface area contributed by atoms with Crippen molar-refractivity contribution < 1.29 is 23.8 Å². The Kier molecular flexibility index (Phi) is 4.35. The Morgan fingerprint density at radius 1 is 1.17 bits per heavy atom. The van der Waals surface area contributed by atoms with E-state index in [0.717, 1.165) is 0 Å². The van der Waals surface area contributed by atoms with Gasteiger partial charge in [0.2, 0.25) is 0 Å². The molecule has 2 aromatic carbocycles. The molecule has 1 aromatic heterocycles. The molecule has 124 valence electrons. The highest BCUT2D eigenvalue weighted by Crippen LogP contribution is 2.44. The molecule has 1 heterocycles. The number of amides is 1. The van der Waals surface area contributed by atoms with Crippen LogP contribution < -0.4 is 14.8 Å². The van der Waals surface area contributed by atoms with Gasteiger partial charge in [0.1, 0.15) is 27.3 Å². The van der Waals surface area contributed by atoms with Crippen molar-refractivity contribution in [2.75, 3.05) is 19.5 Å². The van der Waals surface area contributed by atoms with Gasteiger partial charge < -0.3 is 24.3 Å². The molecule has 0 bridgehead atoms. The number of aromatic hydroxyl groups is 1. The van der Waals surface area contributed by atoms with Crippen molar-refractivity contribution in [2.45, 2.75) is 0 Å². The molecule has 0 saturated heterocycles. The van der Waals surface area contributed by atoms with E-state index in [1.54, 1.807) is 37.4 Å². The molecule has 6 nitrogen and oxygen atoms in total. The van der Waals surface area contributed by atoms with E-state index in [1.165, 1.54) is 13.4 Å². The zero-order valence-electron chi connectivity index (χ0n) is 12.9. The Morgan fingerprint density at radius 3 is 2.50 bits per heavy atom. The van der Waals surface area contributed by atoms with Crippen molar-refractivity contribution in [1.29, 1.82) is 0 Å². The van der Waals surface area contributed by atoms with E-state index in [-0.39, 0.29) is 17.1 Å². The van der Waals surface area contributed by atoms with Gasteiger partial charge in [0.15, 0.2) is 5.58 Å². The summed E-state index contributed by atoms with van der Waals surface area (Å²) in [6.07, 6.45) is 1.46. The second-order valence-electron chi connectivity index (χ2n) is 4.92. The minimum Gasteiger partial charge on any atom is -0.506 e. The van der Waals surface area contributed by atoms with Crippen molar-refractivity contribution in [3.63, 3.8) is 0 Å². The fourth-order valence-electron chi connectivity index (χ4n) is 2.41. The average Bonchev–Trinajstić information content (AvgIpc) is 3.08. The van der Waals surface area contributed by atoms with Gasteiger partial charge in [-0.1, -0.05) is 0 Å². The van der Waals surface area contributed by atoms with Gasteiger partial charge in [-0.2, -0.15) is 0 Å². The maximum atomic E-state index is 12.7. The molecular weight excluding hydrogens is 378 g/mol. The van der Waals surface area contributed by atoms with Crippen LogP contribution in [0.3, 0.4) is 0 Å². The van der Waals surface area contributed by atoms with Gasteiger partial charge in [0, 0.05) is 5.69 Å². The number of carbonyl (C=O) groups excluding carboxylic acids is 1. The molecule has 0 spiro atoms. The van der Waals surface area contributed by atoms with Crippen molar-refractivity contribution >= 4 is 38.5 Å². The lowest BCUT2D eigenvalue weighted by Gasteiger charge is -2.13. The summed E-state index contributed by atoms with van der Waals surface area (Å²) in [6.45, 7) is 0. The van der Waals surface area contributed by atoms with Gasteiger partial charge in [-0.25, -0.2) is 0 Å². The Hall–Kier alpha value is -2.67. The van der Waals surface area contributed by atoms with Crippen molar-refractivity contribution in [1.82, 2.24) is 0 Å². The van der Waals surface area contributed by atoms with Crippen LogP contribution in [0.1, 0.15) is 10.4 Å². The first-order valence-electron chi connectivity index (χ1n) is 6.97. The van der Waals surface area contributed by atoms with Gasteiger partial charge in [-0.05, 0) is 46.3 Å². The van der Waals surface area contributed by atoms with Crippen molar-refractivity contribution in [3.05, 3.63) is 46.6 Å². The maximum Gasteiger partial charge on any atom is 0.263 e. The predicted octanol–water partition coefficient (Wildman–Crippen LogP) is 4.17. The van der Waals surface area contributed by atoms with E-state index in [9.17, 15) is 9.90 Å². The molecule has 3 rings (SSSR count). The molecule has 0 atom stereocenters. The molecule has 3 aromatic rings. The molecular formula is C17H14BrNO5. The fourth-order valence-corrected chi connectivity index (χ4v) is 2.91. The normalized spacial score (nSPS) is 10.6. The highest BCUT2D eigenvalue weighted by atomic mass is 79.9. The van der Waals surface area contributed by atoms with Gasteiger partial charge in [-0.3, -0.25) is 4.79 Å². The lowest BCUT2D eigenvalue weighted by molar-refractivity contribution is 0.102. The summed E-state index contributed by atoms with van der Waals surface area (Å²) in [5, 5.41) is 13.7. The van der Waals surface area contributed by atoms with E-state index < -0.39 is 5.91 Å². The number of rotatable bonds is 4. The van der Waals surface area contributed by atoms with Crippen LogP contribution in [0.2, 0.25) is 0 Å². The SMILES string of the molecule is COc1ccc(NC(=O)c2c(O)c(Br)c3occc3c2OC)cc1. The molecule has 1 amide bonds. The molecule has 0 saturated carbocycles. The first-order chi connectivity index (χ1) is 11.6. The van der Waals surface area contributed by atoms with E-state index in [0.29, 0.717) is 26.9 Å². The van der Waals surface area contributed by atoms with Crippen molar-refractivity contribution in [3.8, 4) is 17.2 Å². The summed E-state index contributed by atoms with van der Waals surface area (Å²) in [5.41, 5.74) is 0.991. The summed E-state index contributed by atoms with van der Waals surface area (Å²) in [4.78, 5) is 12.7. The van der Waals surface area contributed by atoms with Crippen molar-refractivity contribution in [2.24, 2.45) is 0 Å². The number of hydrogen-bond acceptors (Lipinski definition) is 5. The average molecular weight is 392 g/mol. The number of ether oxygens (including phenoxy) is 2. The number of nitrogens with one attached hydrogen (secondary N) is 1. The highest BCUT2D eigenvalue weighted by Gasteiger charge is 2.25. The molecule has 24 heavy (non-hydrogen) atoms. The van der Waals surface area contributed by atoms with E-state index in [2.05, 4.69) is 21.2 Å². The summed E-state index contributed by atoms with van der Waals surface area (Å²) in [7, 11) is 2.99.